The van der Waals surface area contributed by atoms with E-state index in [1.54, 1.807) is 18.2 Å². The van der Waals surface area contributed by atoms with Gasteiger partial charge in [0.1, 0.15) is 5.82 Å². The molecule has 1 amide bonds. The average molecular weight is 443 g/mol. The fourth-order valence-corrected chi connectivity index (χ4v) is 5.11. The van der Waals surface area contributed by atoms with E-state index >= 15 is 0 Å². The first-order chi connectivity index (χ1) is 14.9. The van der Waals surface area contributed by atoms with Gasteiger partial charge in [0.2, 0.25) is 15.9 Å². The number of fused-ring (bicyclic) bond motifs is 1. The van der Waals surface area contributed by atoms with Gasteiger partial charge in [-0.2, -0.15) is 4.31 Å². The van der Waals surface area contributed by atoms with Gasteiger partial charge < -0.3 is 9.88 Å². The molecule has 1 aromatic heterocycles. The number of carbonyl (C=O) groups excluding carboxylic acids is 1. The summed E-state index contributed by atoms with van der Waals surface area (Å²) in [5.74, 6) is 0.735. The Balaban J connectivity index is 1.65. The minimum Gasteiger partial charge on any atom is -0.356 e. The molecule has 3 aromatic rings. The predicted octanol–water partition coefficient (Wildman–Crippen LogP) is 2.90. The number of imidazole rings is 1. The summed E-state index contributed by atoms with van der Waals surface area (Å²) in [7, 11) is -1.65. The molecule has 0 aliphatic heterocycles. The number of nitrogens with zero attached hydrogens (tertiary/aromatic N) is 3. The third-order valence-corrected chi connectivity index (χ3v) is 7.49. The van der Waals surface area contributed by atoms with E-state index in [0.29, 0.717) is 38.0 Å². The Morgan fingerprint density at radius 1 is 1.06 bits per heavy atom. The molecule has 0 bridgehead atoms. The van der Waals surface area contributed by atoms with Crippen LogP contribution in [0, 0.1) is 0 Å². The van der Waals surface area contributed by atoms with Crippen LogP contribution in [0.25, 0.3) is 11.0 Å². The molecule has 31 heavy (non-hydrogen) atoms. The van der Waals surface area contributed by atoms with E-state index < -0.39 is 10.0 Å². The molecule has 7 nitrogen and oxygen atoms in total. The van der Waals surface area contributed by atoms with Gasteiger partial charge in [0.15, 0.2) is 0 Å². The summed E-state index contributed by atoms with van der Waals surface area (Å²) in [5.41, 5.74) is 2.65. The maximum absolute atomic E-state index is 12.8. The lowest BCUT2D eigenvalue weighted by Crippen LogP contribution is -2.30. The molecule has 0 aliphatic rings. The van der Waals surface area contributed by atoms with Crippen LogP contribution in [0.1, 0.15) is 31.7 Å². The number of carbonyl (C=O) groups is 1. The second-order valence-electron chi connectivity index (χ2n) is 7.41. The third-order valence-electron chi connectivity index (χ3n) is 5.44. The van der Waals surface area contributed by atoms with Gasteiger partial charge >= 0.3 is 0 Å². The Bertz CT molecular complexity index is 1140. The van der Waals surface area contributed by atoms with Gasteiger partial charge in [0.05, 0.1) is 15.9 Å². The molecule has 0 saturated heterocycles. The molecule has 1 heterocycles. The molecule has 8 heteroatoms. The van der Waals surface area contributed by atoms with Crippen LogP contribution in [-0.4, -0.2) is 47.8 Å². The van der Waals surface area contributed by atoms with E-state index in [9.17, 15) is 13.2 Å². The van der Waals surface area contributed by atoms with Crippen molar-refractivity contribution in [3.8, 4) is 0 Å². The molecule has 2 aromatic carbocycles. The number of rotatable bonds is 10. The number of aromatic nitrogens is 2. The van der Waals surface area contributed by atoms with Gasteiger partial charge in [0.25, 0.3) is 0 Å². The molecule has 1 N–H and O–H groups in total. The topological polar surface area (TPSA) is 84.3 Å². The lowest BCUT2D eigenvalue weighted by Gasteiger charge is -2.18. The van der Waals surface area contributed by atoms with Crippen LogP contribution in [0.15, 0.2) is 53.4 Å². The molecule has 0 spiro atoms. The first-order valence-electron chi connectivity index (χ1n) is 10.6. The van der Waals surface area contributed by atoms with E-state index in [0.717, 1.165) is 17.8 Å². The summed E-state index contributed by atoms with van der Waals surface area (Å²) in [4.78, 5) is 17.1. The second kappa shape index (κ2) is 10.1. The van der Waals surface area contributed by atoms with E-state index in [1.807, 2.05) is 55.8 Å². The number of sulfonamides is 1. The van der Waals surface area contributed by atoms with Crippen molar-refractivity contribution in [3.63, 3.8) is 0 Å². The Kier molecular flexibility index (Phi) is 7.46. The van der Waals surface area contributed by atoms with Gasteiger partial charge in [-0.05, 0) is 30.2 Å². The van der Waals surface area contributed by atoms with Crippen molar-refractivity contribution in [2.75, 3.05) is 19.6 Å². The average Bonchev–Trinajstić information content (AvgIpc) is 3.08. The molecular formula is C23H30N4O3S. The largest absolute Gasteiger partial charge is 0.356 e. The zero-order valence-electron chi connectivity index (χ0n) is 18.3. The Morgan fingerprint density at radius 2 is 1.77 bits per heavy atom. The summed E-state index contributed by atoms with van der Waals surface area (Å²) in [6, 6.07) is 15.1. The van der Waals surface area contributed by atoms with E-state index in [4.69, 9.17) is 0 Å². The lowest BCUT2D eigenvalue weighted by atomic mass is 10.1. The van der Waals surface area contributed by atoms with Crippen molar-refractivity contribution >= 4 is 27.0 Å². The minimum atomic E-state index is -3.54. The zero-order valence-corrected chi connectivity index (χ0v) is 19.2. The van der Waals surface area contributed by atoms with Gasteiger partial charge in [-0.15, -0.1) is 0 Å². The number of benzene rings is 2. The molecule has 0 aliphatic carbocycles. The van der Waals surface area contributed by atoms with Crippen molar-refractivity contribution < 1.29 is 13.2 Å². The van der Waals surface area contributed by atoms with Crippen molar-refractivity contribution in [1.29, 1.82) is 0 Å². The van der Waals surface area contributed by atoms with Crippen LogP contribution in [0.2, 0.25) is 0 Å². The number of hydrogen-bond acceptors (Lipinski definition) is 4. The van der Waals surface area contributed by atoms with Gasteiger partial charge in [-0.3, -0.25) is 4.79 Å². The first kappa shape index (κ1) is 23.0. The van der Waals surface area contributed by atoms with Crippen molar-refractivity contribution in [3.05, 3.63) is 59.9 Å². The molecule has 3 rings (SSSR count). The van der Waals surface area contributed by atoms with Gasteiger partial charge in [-0.1, -0.05) is 44.2 Å². The highest BCUT2D eigenvalue weighted by atomic mass is 32.2. The van der Waals surface area contributed by atoms with E-state index in [1.165, 1.54) is 9.87 Å². The highest BCUT2D eigenvalue weighted by Gasteiger charge is 2.22. The SMILES string of the molecule is CCN(CC)S(=O)(=O)c1ccc2c(c1)nc(CCC(=O)NCCc1ccccc1)n2C. The van der Waals surface area contributed by atoms with E-state index in [-0.39, 0.29) is 10.8 Å². The Morgan fingerprint density at radius 3 is 2.45 bits per heavy atom. The normalized spacial score (nSPS) is 11.9. The smallest absolute Gasteiger partial charge is 0.243 e. The van der Waals surface area contributed by atoms with Crippen molar-refractivity contribution in [1.82, 2.24) is 19.2 Å². The molecule has 166 valence electrons. The van der Waals surface area contributed by atoms with Crippen LogP contribution in [0.3, 0.4) is 0 Å². The summed E-state index contributed by atoms with van der Waals surface area (Å²) in [5, 5.41) is 2.95. The third kappa shape index (κ3) is 5.32. The quantitative estimate of drug-likeness (QED) is 0.523. The number of aryl methyl sites for hydroxylation is 2. The summed E-state index contributed by atoms with van der Waals surface area (Å²) in [6.07, 6.45) is 1.61. The van der Waals surface area contributed by atoms with Crippen LogP contribution in [0.4, 0.5) is 0 Å². The molecule has 0 unspecified atom stereocenters. The maximum Gasteiger partial charge on any atom is 0.243 e. The summed E-state index contributed by atoms with van der Waals surface area (Å²) >= 11 is 0. The monoisotopic (exact) mass is 442 g/mol. The Labute approximate surface area is 184 Å². The molecule has 0 saturated carbocycles. The summed E-state index contributed by atoms with van der Waals surface area (Å²) in [6.45, 7) is 5.08. The van der Waals surface area contributed by atoms with Crippen molar-refractivity contribution in [2.24, 2.45) is 7.05 Å². The number of nitrogens with one attached hydrogen (secondary N) is 1. The highest BCUT2D eigenvalue weighted by molar-refractivity contribution is 7.89. The lowest BCUT2D eigenvalue weighted by molar-refractivity contribution is -0.121. The minimum absolute atomic E-state index is 0.0206. The van der Waals surface area contributed by atoms with Gasteiger partial charge in [-0.25, -0.2) is 13.4 Å². The number of hydrogen-bond donors (Lipinski definition) is 1. The molecular weight excluding hydrogens is 412 g/mol. The van der Waals surface area contributed by atoms with Gasteiger partial charge in [0, 0.05) is 39.5 Å². The number of amides is 1. The highest BCUT2D eigenvalue weighted by Crippen LogP contribution is 2.22. The first-order valence-corrected chi connectivity index (χ1v) is 12.1. The second-order valence-corrected chi connectivity index (χ2v) is 9.35. The van der Waals surface area contributed by atoms with E-state index in [2.05, 4.69) is 10.3 Å². The maximum atomic E-state index is 12.8. The Hall–Kier alpha value is -2.71. The fourth-order valence-electron chi connectivity index (χ4n) is 3.63. The van der Waals surface area contributed by atoms with Crippen LogP contribution < -0.4 is 5.32 Å². The van der Waals surface area contributed by atoms with Crippen LogP contribution in [-0.2, 0) is 34.7 Å². The predicted molar refractivity (Wildman–Crippen MR) is 122 cm³/mol. The van der Waals surface area contributed by atoms with Crippen molar-refractivity contribution in [2.45, 2.75) is 38.0 Å². The van der Waals surface area contributed by atoms with Crippen LogP contribution >= 0.6 is 0 Å². The molecule has 0 fully saturated rings. The zero-order chi connectivity index (χ0) is 22.4. The summed E-state index contributed by atoms with van der Waals surface area (Å²) < 4.78 is 28.9. The van der Waals surface area contributed by atoms with Crippen LogP contribution in [0.5, 0.6) is 0 Å². The fraction of sp³-hybridized carbons (Fsp3) is 0.391. The molecule has 0 radical (unpaired) electrons. The molecule has 0 atom stereocenters. The standard InChI is InChI=1S/C23H30N4O3S/c1-4-27(5-2)31(29,30)19-11-12-21-20(17-19)25-22(26(21)3)13-14-23(28)24-16-15-18-9-7-6-8-10-18/h6-12,17H,4-5,13-16H2,1-3H3,(H,24,28).